The molecule has 0 radical (unpaired) electrons. The molecule has 1 saturated heterocycles. The molecule has 0 spiro atoms. The van der Waals surface area contributed by atoms with Crippen molar-refractivity contribution in [3.63, 3.8) is 0 Å². The molecular weight excluding hydrogens is 384 g/mol. The number of sulfone groups is 1. The number of hydrogen-bond donors (Lipinski definition) is 1. The number of rotatable bonds is 4. The van der Waals surface area contributed by atoms with Crippen molar-refractivity contribution < 1.29 is 18.0 Å². The Labute approximate surface area is 165 Å². The van der Waals surface area contributed by atoms with Gasteiger partial charge in [0.25, 0.3) is 0 Å². The van der Waals surface area contributed by atoms with Gasteiger partial charge in [0.05, 0.1) is 21.1 Å². The van der Waals surface area contributed by atoms with Gasteiger partial charge in [-0.25, -0.2) is 8.42 Å². The normalized spacial score (nSPS) is 22.1. The lowest BCUT2D eigenvalue weighted by Gasteiger charge is -2.31. The van der Waals surface area contributed by atoms with Crippen LogP contribution in [0.25, 0.3) is 0 Å². The zero-order valence-electron chi connectivity index (χ0n) is 15.9. The molecule has 2 unspecified atom stereocenters. The number of nitrogens with one attached hydrogen (secondary N) is 1. The molecule has 2 aliphatic rings. The summed E-state index contributed by atoms with van der Waals surface area (Å²) in [7, 11) is -3.66. The van der Waals surface area contributed by atoms with Crippen molar-refractivity contribution in [3.05, 3.63) is 18.2 Å². The third kappa shape index (κ3) is 4.32. The van der Waals surface area contributed by atoms with Gasteiger partial charge in [-0.1, -0.05) is 6.92 Å². The number of benzene rings is 1. The number of nitrogens with zero attached hydrogens (tertiary/aromatic N) is 1. The van der Waals surface area contributed by atoms with E-state index >= 15 is 0 Å². The van der Waals surface area contributed by atoms with Crippen LogP contribution < -0.4 is 5.32 Å². The highest BCUT2D eigenvalue weighted by Gasteiger charge is 2.31. The van der Waals surface area contributed by atoms with Gasteiger partial charge >= 0.3 is 0 Å². The van der Waals surface area contributed by atoms with E-state index in [0.717, 1.165) is 17.7 Å². The van der Waals surface area contributed by atoms with E-state index in [1.54, 1.807) is 24.0 Å². The lowest BCUT2D eigenvalue weighted by Crippen LogP contribution is -2.40. The zero-order chi connectivity index (χ0) is 19.8. The van der Waals surface area contributed by atoms with E-state index < -0.39 is 15.1 Å². The van der Waals surface area contributed by atoms with Crippen LogP contribution in [0.3, 0.4) is 0 Å². The van der Waals surface area contributed by atoms with Gasteiger partial charge in [0, 0.05) is 24.4 Å². The maximum Gasteiger partial charge on any atom is 0.237 e. The monoisotopic (exact) mass is 410 g/mol. The van der Waals surface area contributed by atoms with E-state index in [2.05, 4.69) is 12.2 Å². The van der Waals surface area contributed by atoms with Crippen LogP contribution >= 0.6 is 11.8 Å². The third-order valence-electron chi connectivity index (χ3n) is 5.34. The summed E-state index contributed by atoms with van der Waals surface area (Å²) in [6.45, 7) is 6.96. The quantitative estimate of drug-likeness (QED) is 0.825. The molecule has 1 aromatic rings. The fourth-order valence-electron chi connectivity index (χ4n) is 3.34. The van der Waals surface area contributed by atoms with Crippen molar-refractivity contribution in [3.8, 4) is 0 Å². The number of carbonyl (C=O) groups excluding carboxylic acids is 2. The Morgan fingerprint density at radius 1 is 1.30 bits per heavy atom. The van der Waals surface area contributed by atoms with E-state index in [4.69, 9.17) is 0 Å². The van der Waals surface area contributed by atoms with Crippen LogP contribution in [0.4, 0.5) is 5.69 Å². The first-order chi connectivity index (χ1) is 12.7. The summed E-state index contributed by atoms with van der Waals surface area (Å²) in [5.74, 6) is 0.375. The number of fused-ring (bicyclic) bond motifs is 1. The molecule has 0 aliphatic carbocycles. The van der Waals surface area contributed by atoms with Crippen molar-refractivity contribution in [1.82, 2.24) is 4.90 Å². The minimum Gasteiger partial charge on any atom is -0.343 e. The van der Waals surface area contributed by atoms with Gasteiger partial charge in [0.1, 0.15) is 0 Å². The molecule has 2 amide bonds. The van der Waals surface area contributed by atoms with Crippen LogP contribution in [0.5, 0.6) is 0 Å². The highest BCUT2D eigenvalue weighted by atomic mass is 32.2. The molecule has 0 saturated carbocycles. The van der Waals surface area contributed by atoms with Crippen LogP contribution in [0.15, 0.2) is 28.0 Å². The van der Waals surface area contributed by atoms with Crippen LogP contribution in [0, 0.1) is 5.92 Å². The summed E-state index contributed by atoms with van der Waals surface area (Å²) in [5, 5.41) is 1.74. The molecule has 2 heterocycles. The number of likely N-dealkylation sites (tertiary alicyclic amines) is 1. The van der Waals surface area contributed by atoms with Crippen molar-refractivity contribution >= 4 is 39.1 Å². The second kappa shape index (κ2) is 7.83. The predicted octanol–water partition coefficient (Wildman–Crippen LogP) is 2.93. The molecule has 2 atom stereocenters. The average molecular weight is 411 g/mol. The largest absolute Gasteiger partial charge is 0.343 e. The molecule has 3 rings (SSSR count). The van der Waals surface area contributed by atoms with Crippen molar-refractivity contribution in [2.45, 2.75) is 60.3 Å². The predicted molar refractivity (Wildman–Crippen MR) is 107 cm³/mol. The smallest absolute Gasteiger partial charge is 0.237 e. The Morgan fingerprint density at radius 2 is 1.96 bits per heavy atom. The van der Waals surface area contributed by atoms with E-state index in [-0.39, 0.29) is 28.4 Å². The summed E-state index contributed by atoms with van der Waals surface area (Å²) in [6.07, 6.45) is 1.91. The van der Waals surface area contributed by atoms with E-state index in [1.807, 2.05) is 6.92 Å². The van der Waals surface area contributed by atoms with E-state index in [0.29, 0.717) is 24.7 Å². The lowest BCUT2D eigenvalue weighted by molar-refractivity contribution is -0.132. The lowest BCUT2D eigenvalue weighted by atomic mass is 9.99. The van der Waals surface area contributed by atoms with Gasteiger partial charge in [0.2, 0.25) is 11.8 Å². The maximum atomic E-state index is 12.9. The van der Waals surface area contributed by atoms with Gasteiger partial charge in [-0.3, -0.25) is 9.59 Å². The van der Waals surface area contributed by atoms with Crippen molar-refractivity contribution in [1.29, 1.82) is 0 Å². The van der Waals surface area contributed by atoms with Crippen molar-refractivity contribution in [2.75, 3.05) is 18.4 Å². The molecule has 1 fully saturated rings. The second-order valence-corrected chi connectivity index (χ2v) is 11.3. The number of thioether (sulfide) groups is 1. The molecular formula is C19H26N2O4S2. The maximum absolute atomic E-state index is 12.9. The van der Waals surface area contributed by atoms with Crippen LogP contribution in [-0.4, -0.2) is 48.7 Å². The number of anilines is 1. The Morgan fingerprint density at radius 3 is 2.63 bits per heavy atom. The molecule has 27 heavy (non-hydrogen) atoms. The number of amides is 2. The first-order valence-electron chi connectivity index (χ1n) is 9.31. The zero-order valence-corrected chi connectivity index (χ0v) is 17.5. The second-order valence-electron chi connectivity index (χ2n) is 7.53. The Hall–Kier alpha value is -1.54. The SMILES string of the molecule is CC1CCN(C(=O)CC(C)S(=O)(=O)c2ccc3c(c2)NC(=O)C(C)S3)CC1. The van der Waals surface area contributed by atoms with E-state index in [9.17, 15) is 18.0 Å². The van der Waals surface area contributed by atoms with Gasteiger partial charge in [-0.2, -0.15) is 0 Å². The third-order valence-corrected chi connectivity index (χ3v) is 8.65. The standard InChI is InChI=1S/C19H26N2O4S2/c1-12-6-8-21(9-7-12)18(22)10-13(2)27(24,25)15-4-5-17-16(11-15)20-19(23)14(3)26-17/h4-5,11-14H,6-10H2,1-3H3,(H,20,23). The van der Waals surface area contributed by atoms with Crippen LogP contribution in [0.2, 0.25) is 0 Å². The topological polar surface area (TPSA) is 83.6 Å². The van der Waals surface area contributed by atoms with Crippen LogP contribution in [-0.2, 0) is 19.4 Å². The first-order valence-corrected chi connectivity index (χ1v) is 11.7. The Kier molecular flexibility index (Phi) is 5.86. The minimum atomic E-state index is -3.66. The summed E-state index contributed by atoms with van der Waals surface area (Å²) >= 11 is 1.41. The van der Waals surface area contributed by atoms with Crippen LogP contribution in [0.1, 0.15) is 40.0 Å². The van der Waals surface area contributed by atoms with Crippen molar-refractivity contribution in [2.24, 2.45) is 5.92 Å². The van der Waals surface area contributed by atoms with Gasteiger partial charge in [-0.15, -0.1) is 11.8 Å². The molecule has 6 nitrogen and oxygen atoms in total. The molecule has 0 bridgehead atoms. The molecule has 1 N–H and O–H groups in total. The molecule has 148 valence electrons. The highest BCUT2D eigenvalue weighted by molar-refractivity contribution is 8.01. The molecule has 8 heteroatoms. The molecule has 0 aromatic heterocycles. The highest BCUT2D eigenvalue weighted by Crippen LogP contribution is 2.37. The Balaban J connectivity index is 1.73. The fraction of sp³-hybridized carbons (Fsp3) is 0.579. The number of carbonyl (C=O) groups is 2. The average Bonchev–Trinajstić information content (AvgIpc) is 2.62. The van der Waals surface area contributed by atoms with Gasteiger partial charge < -0.3 is 10.2 Å². The van der Waals surface area contributed by atoms with Gasteiger partial charge in [0.15, 0.2) is 9.84 Å². The van der Waals surface area contributed by atoms with E-state index in [1.165, 1.54) is 17.8 Å². The summed E-state index contributed by atoms with van der Waals surface area (Å²) in [5.41, 5.74) is 0.521. The Bertz CT molecular complexity index is 845. The van der Waals surface area contributed by atoms with Gasteiger partial charge in [-0.05, 0) is 50.8 Å². The molecule has 1 aromatic carbocycles. The number of piperidine rings is 1. The minimum absolute atomic E-state index is 0.0219. The fourth-order valence-corrected chi connectivity index (χ4v) is 5.64. The first kappa shape index (κ1) is 20.2. The summed E-state index contributed by atoms with van der Waals surface area (Å²) in [6, 6.07) is 4.79. The number of hydrogen-bond acceptors (Lipinski definition) is 5. The molecule has 2 aliphatic heterocycles. The summed E-state index contributed by atoms with van der Waals surface area (Å²) < 4.78 is 25.9. The summed E-state index contributed by atoms with van der Waals surface area (Å²) in [4.78, 5) is 27.1.